The standard InChI is InChI=1S/C35H37N/c1-2-9-25(10-3-1)29-19-20-30(32-14-5-4-13-31(29)32)26-11-8-12-28(23-26)36-35-16-7-6-15-33(35)34-22-24-17-18-27(34)21-24/h4-8,11-16,19-20,23-25,27,34,36H,1-3,9-10,17-18,21-22H2. The number of fused-ring (bicyclic) bond motifs is 3. The summed E-state index contributed by atoms with van der Waals surface area (Å²) in [4.78, 5) is 0. The highest BCUT2D eigenvalue weighted by atomic mass is 14.9. The van der Waals surface area contributed by atoms with Gasteiger partial charge in [-0.05, 0) is 107 Å². The van der Waals surface area contributed by atoms with Gasteiger partial charge in [-0.2, -0.15) is 0 Å². The highest BCUT2D eigenvalue weighted by molar-refractivity contribution is 5.99. The molecule has 3 aliphatic carbocycles. The fourth-order valence-corrected chi connectivity index (χ4v) is 7.82. The Morgan fingerprint density at radius 2 is 1.44 bits per heavy atom. The molecule has 4 aromatic rings. The van der Waals surface area contributed by atoms with Crippen molar-refractivity contribution >= 4 is 22.1 Å². The number of hydrogen-bond donors (Lipinski definition) is 1. The molecule has 4 aromatic carbocycles. The van der Waals surface area contributed by atoms with Crippen LogP contribution < -0.4 is 5.32 Å². The Morgan fingerprint density at radius 1 is 0.611 bits per heavy atom. The monoisotopic (exact) mass is 471 g/mol. The third-order valence-corrected chi connectivity index (χ3v) is 9.55. The number of nitrogens with one attached hydrogen (secondary N) is 1. The molecule has 3 aliphatic rings. The second kappa shape index (κ2) is 9.43. The van der Waals surface area contributed by atoms with Crippen LogP contribution in [0.2, 0.25) is 0 Å². The normalized spacial score (nSPS) is 23.8. The molecule has 0 saturated heterocycles. The van der Waals surface area contributed by atoms with Crippen molar-refractivity contribution in [2.45, 2.75) is 69.6 Å². The van der Waals surface area contributed by atoms with Crippen LogP contribution in [0, 0.1) is 11.8 Å². The molecule has 0 amide bonds. The molecule has 0 radical (unpaired) electrons. The Bertz CT molecular complexity index is 1380. The molecule has 3 saturated carbocycles. The van der Waals surface area contributed by atoms with Crippen LogP contribution in [0.4, 0.5) is 11.4 Å². The van der Waals surface area contributed by atoms with Gasteiger partial charge in [0.15, 0.2) is 0 Å². The van der Waals surface area contributed by atoms with Gasteiger partial charge in [0.25, 0.3) is 0 Å². The number of hydrogen-bond acceptors (Lipinski definition) is 1. The molecule has 7 rings (SSSR count). The van der Waals surface area contributed by atoms with E-state index in [1.54, 1.807) is 5.56 Å². The lowest BCUT2D eigenvalue weighted by Gasteiger charge is -2.25. The van der Waals surface area contributed by atoms with Crippen LogP contribution in [-0.4, -0.2) is 0 Å². The van der Waals surface area contributed by atoms with Crippen LogP contribution in [0.25, 0.3) is 21.9 Å². The van der Waals surface area contributed by atoms with Gasteiger partial charge in [0.1, 0.15) is 0 Å². The van der Waals surface area contributed by atoms with E-state index in [9.17, 15) is 0 Å². The number of benzene rings is 4. The summed E-state index contributed by atoms with van der Waals surface area (Å²) in [5, 5.41) is 6.67. The first-order valence-electron chi connectivity index (χ1n) is 14.3. The van der Waals surface area contributed by atoms with E-state index in [-0.39, 0.29) is 0 Å². The maximum absolute atomic E-state index is 3.83. The zero-order chi connectivity index (χ0) is 23.9. The first-order valence-corrected chi connectivity index (χ1v) is 14.3. The predicted octanol–water partition coefficient (Wildman–Crippen LogP) is 10.2. The zero-order valence-corrected chi connectivity index (χ0v) is 21.3. The second-order valence-corrected chi connectivity index (χ2v) is 11.7. The van der Waals surface area contributed by atoms with Gasteiger partial charge in [-0.3, -0.25) is 0 Å². The first-order chi connectivity index (χ1) is 17.8. The van der Waals surface area contributed by atoms with Crippen LogP contribution in [0.15, 0.2) is 84.9 Å². The summed E-state index contributed by atoms with van der Waals surface area (Å²) in [6, 6.07) is 32.0. The van der Waals surface area contributed by atoms with Crippen LogP contribution in [-0.2, 0) is 0 Å². The molecular formula is C35H37N. The summed E-state index contributed by atoms with van der Waals surface area (Å²) in [5.74, 6) is 3.29. The Labute approximate surface area is 216 Å². The highest BCUT2D eigenvalue weighted by Gasteiger charge is 2.40. The number of para-hydroxylation sites is 1. The van der Waals surface area contributed by atoms with Gasteiger partial charge in [-0.15, -0.1) is 0 Å². The first kappa shape index (κ1) is 22.2. The van der Waals surface area contributed by atoms with Crippen LogP contribution >= 0.6 is 0 Å². The van der Waals surface area contributed by atoms with E-state index in [0.29, 0.717) is 5.92 Å². The summed E-state index contributed by atoms with van der Waals surface area (Å²) in [7, 11) is 0. The van der Waals surface area contributed by atoms with E-state index in [4.69, 9.17) is 0 Å². The predicted molar refractivity (Wildman–Crippen MR) is 153 cm³/mol. The molecule has 3 unspecified atom stereocenters. The molecule has 0 spiro atoms. The SMILES string of the molecule is c1cc(Nc2ccccc2C2CC3CCC2C3)cc(-c2ccc(C3CCCCC3)c3ccccc23)c1. The second-order valence-electron chi connectivity index (χ2n) is 11.7. The fourth-order valence-electron chi connectivity index (χ4n) is 7.82. The van der Waals surface area contributed by atoms with Crippen molar-refractivity contribution in [3.05, 3.63) is 96.1 Å². The quantitative estimate of drug-likeness (QED) is 0.305. The molecule has 3 atom stereocenters. The van der Waals surface area contributed by atoms with Gasteiger partial charge < -0.3 is 5.32 Å². The lowest BCUT2D eigenvalue weighted by Crippen LogP contribution is -2.10. The minimum atomic E-state index is 0.716. The maximum atomic E-state index is 3.83. The molecule has 1 nitrogen and oxygen atoms in total. The molecule has 0 aromatic heterocycles. The number of rotatable bonds is 5. The average Bonchev–Trinajstić information content (AvgIpc) is 3.58. The molecule has 182 valence electrons. The third-order valence-electron chi connectivity index (χ3n) is 9.55. The summed E-state index contributed by atoms with van der Waals surface area (Å²) in [6.45, 7) is 0. The molecule has 0 heterocycles. The topological polar surface area (TPSA) is 12.0 Å². The van der Waals surface area contributed by atoms with Gasteiger partial charge in [0, 0.05) is 11.4 Å². The van der Waals surface area contributed by atoms with Crippen molar-refractivity contribution in [2.24, 2.45) is 11.8 Å². The molecule has 2 bridgehead atoms. The molecule has 1 heteroatoms. The van der Waals surface area contributed by atoms with Crippen LogP contribution in [0.3, 0.4) is 0 Å². The van der Waals surface area contributed by atoms with Crippen LogP contribution in [0.5, 0.6) is 0 Å². The van der Waals surface area contributed by atoms with Gasteiger partial charge in [0.2, 0.25) is 0 Å². The summed E-state index contributed by atoms with van der Waals surface area (Å²) in [6.07, 6.45) is 12.5. The van der Waals surface area contributed by atoms with Gasteiger partial charge in [0.05, 0.1) is 0 Å². The molecule has 1 N–H and O–H groups in total. The van der Waals surface area contributed by atoms with Crippen molar-refractivity contribution < 1.29 is 0 Å². The van der Waals surface area contributed by atoms with Gasteiger partial charge in [-0.1, -0.05) is 92.4 Å². The minimum Gasteiger partial charge on any atom is -0.355 e. The van der Waals surface area contributed by atoms with Crippen molar-refractivity contribution in [1.82, 2.24) is 0 Å². The Balaban J connectivity index is 1.22. The van der Waals surface area contributed by atoms with Crippen molar-refractivity contribution in [3.8, 4) is 11.1 Å². The van der Waals surface area contributed by atoms with E-state index in [2.05, 4.69) is 90.2 Å². The van der Waals surface area contributed by atoms with Crippen molar-refractivity contribution in [1.29, 1.82) is 0 Å². The minimum absolute atomic E-state index is 0.716. The summed E-state index contributed by atoms with van der Waals surface area (Å²) in [5.41, 5.74) is 8.20. The van der Waals surface area contributed by atoms with Crippen molar-refractivity contribution in [3.63, 3.8) is 0 Å². The Kier molecular flexibility index (Phi) is 5.81. The zero-order valence-electron chi connectivity index (χ0n) is 21.3. The average molecular weight is 472 g/mol. The number of anilines is 2. The summed E-state index contributed by atoms with van der Waals surface area (Å²) < 4.78 is 0. The van der Waals surface area contributed by atoms with Gasteiger partial charge >= 0.3 is 0 Å². The molecule has 0 aliphatic heterocycles. The fraction of sp³-hybridized carbons (Fsp3) is 0.371. The highest BCUT2D eigenvalue weighted by Crippen LogP contribution is 2.54. The summed E-state index contributed by atoms with van der Waals surface area (Å²) >= 11 is 0. The lowest BCUT2D eigenvalue weighted by molar-refractivity contribution is 0.421. The van der Waals surface area contributed by atoms with Gasteiger partial charge in [-0.25, -0.2) is 0 Å². The van der Waals surface area contributed by atoms with Crippen LogP contribution in [0.1, 0.15) is 80.8 Å². The smallest absolute Gasteiger partial charge is 0.0419 e. The molecule has 3 fully saturated rings. The molecule has 36 heavy (non-hydrogen) atoms. The van der Waals surface area contributed by atoms with E-state index < -0.39 is 0 Å². The van der Waals surface area contributed by atoms with E-state index in [1.165, 1.54) is 96.6 Å². The van der Waals surface area contributed by atoms with E-state index in [0.717, 1.165) is 17.8 Å². The van der Waals surface area contributed by atoms with E-state index in [1.807, 2.05) is 0 Å². The van der Waals surface area contributed by atoms with E-state index >= 15 is 0 Å². The van der Waals surface area contributed by atoms with Crippen molar-refractivity contribution in [2.75, 3.05) is 5.32 Å². The lowest BCUT2D eigenvalue weighted by atomic mass is 9.81. The third kappa shape index (κ3) is 4.03. The molecular weight excluding hydrogens is 434 g/mol. The maximum Gasteiger partial charge on any atom is 0.0419 e. The Hall–Kier alpha value is -3.06. The largest absolute Gasteiger partial charge is 0.355 e. The Morgan fingerprint density at radius 3 is 2.28 bits per heavy atom.